The number of rotatable bonds is 6. The largest absolute Gasteiger partial charge is 0.496 e. The lowest BCUT2D eigenvalue weighted by molar-refractivity contribution is -0.120. The average molecular weight is 447 g/mol. The van der Waals surface area contributed by atoms with Gasteiger partial charge in [0.05, 0.1) is 30.4 Å². The van der Waals surface area contributed by atoms with Gasteiger partial charge >= 0.3 is 5.97 Å². The zero-order valence-electron chi connectivity index (χ0n) is 17.8. The Labute approximate surface area is 182 Å². The molecule has 9 heteroatoms. The molecule has 0 atom stereocenters. The van der Waals surface area contributed by atoms with E-state index in [0.717, 1.165) is 5.56 Å². The van der Waals surface area contributed by atoms with E-state index in [2.05, 4.69) is 5.32 Å². The molecular formula is C22H26N2O6S. The molecule has 1 heterocycles. The van der Waals surface area contributed by atoms with Crippen LogP contribution < -0.4 is 10.1 Å². The van der Waals surface area contributed by atoms with E-state index in [1.807, 2.05) is 0 Å². The van der Waals surface area contributed by atoms with Crippen LogP contribution in [0.5, 0.6) is 5.75 Å². The van der Waals surface area contributed by atoms with Gasteiger partial charge in [-0.1, -0.05) is 12.1 Å². The number of carbonyl (C=O) groups is 2. The van der Waals surface area contributed by atoms with Gasteiger partial charge in [0.25, 0.3) is 0 Å². The van der Waals surface area contributed by atoms with E-state index in [-0.39, 0.29) is 35.4 Å². The molecule has 1 saturated heterocycles. The number of sulfonamides is 1. The van der Waals surface area contributed by atoms with E-state index in [0.29, 0.717) is 24.3 Å². The number of carbonyl (C=O) groups excluding carboxylic acids is 2. The molecule has 0 aromatic heterocycles. The summed E-state index contributed by atoms with van der Waals surface area (Å²) in [6, 6.07) is 11.4. The standard InChI is InChI=1S/C22H26N2O6S/c1-15-14-17(8-9-20(15)29-2)31(27,28)24-12-10-16(11-13-24)21(25)23-19-7-5-4-6-18(19)22(26)30-3/h4-9,14,16H,10-13H2,1-3H3,(H,23,25). The first-order chi connectivity index (χ1) is 14.8. The summed E-state index contributed by atoms with van der Waals surface area (Å²) >= 11 is 0. The highest BCUT2D eigenvalue weighted by atomic mass is 32.2. The SMILES string of the molecule is COC(=O)c1ccccc1NC(=O)C1CCN(S(=O)(=O)c2ccc(OC)c(C)c2)CC1. The Hall–Kier alpha value is -2.91. The highest BCUT2D eigenvalue weighted by molar-refractivity contribution is 7.89. The third kappa shape index (κ3) is 4.88. The lowest BCUT2D eigenvalue weighted by Crippen LogP contribution is -2.41. The van der Waals surface area contributed by atoms with Crippen LogP contribution in [0, 0.1) is 12.8 Å². The second-order valence-electron chi connectivity index (χ2n) is 7.34. The van der Waals surface area contributed by atoms with Crippen molar-refractivity contribution < 1.29 is 27.5 Å². The van der Waals surface area contributed by atoms with E-state index >= 15 is 0 Å². The summed E-state index contributed by atoms with van der Waals surface area (Å²) in [5, 5.41) is 2.78. The minimum atomic E-state index is -3.65. The molecule has 0 spiro atoms. The molecule has 3 rings (SSSR count). The molecule has 0 aliphatic carbocycles. The number of hydrogen-bond donors (Lipinski definition) is 1. The maximum Gasteiger partial charge on any atom is 0.339 e. The van der Waals surface area contributed by atoms with Gasteiger partial charge in [-0.15, -0.1) is 0 Å². The molecule has 1 fully saturated rings. The van der Waals surface area contributed by atoms with Gasteiger partial charge in [-0.25, -0.2) is 13.2 Å². The summed E-state index contributed by atoms with van der Waals surface area (Å²) in [6.07, 6.45) is 0.779. The van der Waals surface area contributed by atoms with Gasteiger partial charge in [0.1, 0.15) is 5.75 Å². The Morgan fingerprint density at radius 3 is 2.35 bits per heavy atom. The van der Waals surface area contributed by atoms with Gasteiger partial charge in [0, 0.05) is 19.0 Å². The van der Waals surface area contributed by atoms with Gasteiger partial charge in [-0.3, -0.25) is 4.79 Å². The van der Waals surface area contributed by atoms with Gasteiger partial charge in [-0.05, 0) is 55.7 Å². The van der Waals surface area contributed by atoms with Crippen LogP contribution in [-0.2, 0) is 19.6 Å². The molecule has 0 saturated carbocycles. The highest BCUT2D eigenvalue weighted by Gasteiger charge is 2.32. The maximum atomic E-state index is 13.0. The Kier molecular flexibility index (Phi) is 6.97. The first-order valence-electron chi connectivity index (χ1n) is 9.91. The van der Waals surface area contributed by atoms with E-state index in [4.69, 9.17) is 9.47 Å². The number of nitrogens with one attached hydrogen (secondary N) is 1. The summed E-state index contributed by atoms with van der Waals surface area (Å²) < 4.78 is 37.3. The first kappa shape index (κ1) is 22.8. The molecule has 2 aromatic rings. The fraction of sp³-hybridized carbons (Fsp3) is 0.364. The molecule has 166 valence electrons. The van der Waals surface area contributed by atoms with Crippen molar-refractivity contribution >= 4 is 27.6 Å². The second kappa shape index (κ2) is 9.49. The van der Waals surface area contributed by atoms with Crippen molar-refractivity contribution in [1.82, 2.24) is 4.31 Å². The van der Waals surface area contributed by atoms with Crippen molar-refractivity contribution in [2.45, 2.75) is 24.7 Å². The number of methoxy groups -OCH3 is 2. The molecule has 8 nitrogen and oxygen atoms in total. The van der Waals surface area contributed by atoms with Crippen molar-refractivity contribution in [2.75, 3.05) is 32.6 Å². The molecule has 1 amide bonds. The monoisotopic (exact) mass is 446 g/mol. The van der Waals surface area contributed by atoms with Gasteiger partial charge < -0.3 is 14.8 Å². The molecular weight excluding hydrogens is 420 g/mol. The molecule has 1 aliphatic rings. The fourth-order valence-corrected chi connectivity index (χ4v) is 5.19. The van der Waals surface area contributed by atoms with Crippen molar-refractivity contribution in [3.63, 3.8) is 0 Å². The zero-order valence-corrected chi connectivity index (χ0v) is 18.6. The van der Waals surface area contributed by atoms with Crippen molar-refractivity contribution in [3.8, 4) is 5.75 Å². The van der Waals surface area contributed by atoms with Crippen LogP contribution in [0.3, 0.4) is 0 Å². The van der Waals surface area contributed by atoms with Gasteiger partial charge in [-0.2, -0.15) is 4.31 Å². The number of anilines is 1. The van der Waals surface area contributed by atoms with E-state index in [1.54, 1.807) is 43.3 Å². The Morgan fingerprint density at radius 1 is 1.06 bits per heavy atom. The van der Waals surface area contributed by atoms with E-state index < -0.39 is 16.0 Å². The van der Waals surface area contributed by atoms with Crippen LogP contribution in [-0.4, -0.2) is 51.9 Å². The number of benzene rings is 2. The summed E-state index contributed by atoms with van der Waals surface area (Å²) in [6.45, 7) is 2.27. The van der Waals surface area contributed by atoms with E-state index in [1.165, 1.54) is 24.6 Å². The lowest BCUT2D eigenvalue weighted by Gasteiger charge is -2.30. The zero-order chi connectivity index (χ0) is 22.6. The van der Waals surface area contributed by atoms with Crippen LogP contribution in [0.1, 0.15) is 28.8 Å². The molecule has 2 aromatic carbocycles. The summed E-state index contributed by atoms with van der Waals surface area (Å²) in [5.74, 6) is -0.503. The minimum Gasteiger partial charge on any atom is -0.496 e. The molecule has 1 N–H and O–H groups in total. The minimum absolute atomic E-state index is 0.209. The maximum absolute atomic E-state index is 13.0. The number of ether oxygens (including phenoxy) is 2. The molecule has 0 bridgehead atoms. The van der Waals surface area contributed by atoms with E-state index in [9.17, 15) is 18.0 Å². The summed E-state index contributed by atoms with van der Waals surface area (Å²) in [5.41, 5.74) is 1.39. The second-order valence-corrected chi connectivity index (χ2v) is 9.27. The summed E-state index contributed by atoms with van der Waals surface area (Å²) in [7, 11) is -0.837. The number of para-hydroxylation sites is 1. The number of nitrogens with zero attached hydrogens (tertiary/aromatic N) is 1. The van der Waals surface area contributed by atoms with Crippen LogP contribution in [0.2, 0.25) is 0 Å². The summed E-state index contributed by atoms with van der Waals surface area (Å²) in [4.78, 5) is 24.8. The fourth-order valence-electron chi connectivity index (χ4n) is 3.63. The molecule has 0 radical (unpaired) electrons. The third-order valence-corrected chi connectivity index (χ3v) is 7.31. The third-order valence-electron chi connectivity index (χ3n) is 5.42. The Balaban J connectivity index is 1.66. The number of amides is 1. The quantitative estimate of drug-likeness (QED) is 0.685. The Morgan fingerprint density at radius 2 is 1.74 bits per heavy atom. The van der Waals surface area contributed by atoms with Gasteiger partial charge in [0.2, 0.25) is 15.9 Å². The number of piperidine rings is 1. The van der Waals surface area contributed by atoms with Gasteiger partial charge in [0.15, 0.2) is 0 Å². The van der Waals surface area contributed by atoms with Crippen molar-refractivity contribution in [1.29, 1.82) is 0 Å². The van der Waals surface area contributed by atoms with Crippen LogP contribution in [0.15, 0.2) is 47.4 Å². The number of esters is 1. The van der Waals surface area contributed by atoms with Crippen LogP contribution in [0.25, 0.3) is 0 Å². The smallest absolute Gasteiger partial charge is 0.339 e. The lowest BCUT2D eigenvalue weighted by atomic mass is 9.97. The van der Waals surface area contributed by atoms with Crippen LogP contribution in [0.4, 0.5) is 5.69 Å². The van der Waals surface area contributed by atoms with Crippen molar-refractivity contribution in [3.05, 3.63) is 53.6 Å². The predicted octanol–water partition coefficient (Wildman–Crippen LogP) is 2.83. The normalized spacial score (nSPS) is 15.3. The Bertz CT molecular complexity index is 1080. The predicted molar refractivity (Wildman–Crippen MR) is 116 cm³/mol. The van der Waals surface area contributed by atoms with Crippen LogP contribution >= 0.6 is 0 Å². The number of hydrogen-bond acceptors (Lipinski definition) is 6. The first-order valence-corrected chi connectivity index (χ1v) is 11.3. The molecule has 1 aliphatic heterocycles. The molecule has 0 unspecified atom stereocenters. The average Bonchev–Trinajstić information content (AvgIpc) is 2.78. The topological polar surface area (TPSA) is 102 Å². The molecule has 31 heavy (non-hydrogen) atoms. The highest BCUT2D eigenvalue weighted by Crippen LogP contribution is 2.28. The number of aryl methyl sites for hydroxylation is 1. The van der Waals surface area contributed by atoms with Crippen molar-refractivity contribution in [2.24, 2.45) is 5.92 Å².